The summed E-state index contributed by atoms with van der Waals surface area (Å²) in [5.74, 6) is -0.450. The van der Waals surface area contributed by atoms with E-state index in [1.165, 1.54) is 18.2 Å². The van der Waals surface area contributed by atoms with Crippen LogP contribution in [0.25, 0.3) is 0 Å². The van der Waals surface area contributed by atoms with Gasteiger partial charge < -0.3 is 5.32 Å². The Bertz CT molecular complexity index is 774. The molecule has 1 amide bonds. The standard InChI is InChI=1S/C15H15ClN2O3S/c1-11-5-7-13(8-6-11)18-15(19)10-17-22(20,21)14-4-2-3-12(16)9-14/h2-9,17H,10H2,1H3,(H,18,19). The zero-order valence-electron chi connectivity index (χ0n) is 11.8. The molecule has 2 rings (SSSR count). The highest BCUT2D eigenvalue weighted by molar-refractivity contribution is 7.89. The predicted molar refractivity (Wildman–Crippen MR) is 86.4 cm³/mol. The second kappa shape index (κ2) is 6.91. The van der Waals surface area contributed by atoms with Crippen LogP contribution in [0.3, 0.4) is 0 Å². The van der Waals surface area contributed by atoms with E-state index in [1.54, 1.807) is 18.2 Å². The first-order valence-corrected chi connectivity index (χ1v) is 8.35. The zero-order chi connectivity index (χ0) is 16.2. The average Bonchev–Trinajstić information content (AvgIpc) is 2.48. The van der Waals surface area contributed by atoms with Gasteiger partial charge in [-0.3, -0.25) is 4.79 Å². The lowest BCUT2D eigenvalue weighted by Gasteiger charge is -2.08. The second-order valence-corrected chi connectivity index (χ2v) is 6.90. The maximum absolute atomic E-state index is 12.0. The van der Waals surface area contributed by atoms with Crippen molar-refractivity contribution in [2.24, 2.45) is 0 Å². The zero-order valence-corrected chi connectivity index (χ0v) is 13.4. The third-order valence-electron chi connectivity index (χ3n) is 2.86. The lowest BCUT2D eigenvalue weighted by atomic mass is 10.2. The molecule has 116 valence electrons. The third-order valence-corrected chi connectivity index (χ3v) is 4.50. The molecule has 0 aromatic heterocycles. The molecule has 0 aliphatic carbocycles. The first-order chi connectivity index (χ1) is 10.4. The van der Waals surface area contributed by atoms with Gasteiger partial charge in [0.25, 0.3) is 0 Å². The minimum Gasteiger partial charge on any atom is -0.325 e. The van der Waals surface area contributed by atoms with Crippen LogP contribution in [0, 0.1) is 6.92 Å². The minimum absolute atomic E-state index is 0.0168. The van der Waals surface area contributed by atoms with E-state index in [0.29, 0.717) is 10.7 Å². The fourth-order valence-electron chi connectivity index (χ4n) is 1.72. The number of amides is 1. The molecule has 0 unspecified atom stereocenters. The number of carbonyl (C=O) groups is 1. The number of halogens is 1. The van der Waals surface area contributed by atoms with Crippen LogP contribution in [0.5, 0.6) is 0 Å². The highest BCUT2D eigenvalue weighted by Gasteiger charge is 2.15. The van der Waals surface area contributed by atoms with Crippen LogP contribution in [0.4, 0.5) is 5.69 Å². The summed E-state index contributed by atoms with van der Waals surface area (Å²) in [6, 6.07) is 13.0. The Hall–Kier alpha value is -1.89. The van der Waals surface area contributed by atoms with Crippen molar-refractivity contribution < 1.29 is 13.2 Å². The van der Waals surface area contributed by atoms with E-state index in [0.717, 1.165) is 5.56 Å². The number of anilines is 1. The molecule has 0 atom stereocenters. The predicted octanol–water partition coefficient (Wildman–Crippen LogP) is 2.57. The fraction of sp³-hybridized carbons (Fsp3) is 0.133. The van der Waals surface area contributed by atoms with Crippen molar-refractivity contribution in [1.82, 2.24) is 4.72 Å². The van der Waals surface area contributed by atoms with E-state index in [2.05, 4.69) is 10.0 Å². The van der Waals surface area contributed by atoms with Gasteiger partial charge >= 0.3 is 0 Å². The number of aryl methyl sites for hydroxylation is 1. The SMILES string of the molecule is Cc1ccc(NC(=O)CNS(=O)(=O)c2cccc(Cl)c2)cc1. The highest BCUT2D eigenvalue weighted by atomic mass is 35.5. The van der Waals surface area contributed by atoms with Crippen LogP contribution in [-0.4, -0.2) is 20.9 Å². The lowest BCUT2D eigenvalue weighted by molar-refractivity contribution is -0.115. The van der Waals surface area contributed by atoms with Gasteiger partial charge in [-0.2, -0.15) is 0 Å². The molecule has 0 aliphatic rings. The Balaban J connectivity index is 1.97. The molecular formula is C15H15ClN2O3S. The summed E-state index contributed by atoms with van der Waals surface area (Å²) < 4.78 is 26.3. The summed E-state index contributed by atoms with van der Waals surface area (Å²) in [6.07, 6.45) is 0. The highest BCUT2D eigenvalue weighted by Crippen LogP contribution is 2.15. The van der Waals surface area contributed by atoms with E-state index < -0.39 is 15.9 Å². The normalized spacial score (nSPS) is 11.2. The third kappa shape index (κ3) is 4.56. The second-order valence-electron chi connectivity index (χ2n) is 4.70. The van der Waals surface area contributed by atoms with Gasteiger partial charge in [-0.15, -0.1) is 0 Å². The topological polar surface area (TPSA) is 75.3 Å². The van der Waals surface area contributed by atoms with E-state index >= 15 is 0 Å². The molecule has 5 nitrogen and oxygen atoms in total. The van der Waals surface area contributed by atoms with Crippen LogP contribution >= 0.6 is 11.6 Å². The van der Waals surface area contributed by atoms with Crippen molar-refractivity contribution in [1.29, 1.82) is 0 Å². The number of carbonyl (C=O) groups excluding carboxylic acids is 1. The molecular weight excluding hydrogens is 324 g/mol. The molecule has 2 aromatic carbocycles. The van der Waals surface area contributed by atoms with E-state index in [4.69, 9.17) is 11.6 Å². The summed E-state index contributed by atoms with van der Waals surface area (Å²) in [7, 11) is -3.77. The van der Waals surface area contributed by atoms with Crippen molar-refractivity contribution >= 4 is 33.2 Å². The Kier molecular flexibility index (Phi) is 5.18. The van der Waals surface area contributed by atoms with Gasteiger partial charge in [0.1, 0.15) is 0 Å². The summed E-state index contributed by atoms with van der Waals surface area (Å²) in [5.41, 5.74) is 1.68. The number of benzene rings is 2. The van der Waals surface area contributed by atoms with Gasteiger partial charge in [-0.05, 0) is 37.3 Å². The summed E-state index contributed by atoms with van der Waals surface area (Å²) in [6.45, 7) is 1.58. The molecule has 0 saturated carbocycles. The lowest BCUT2D eigenvalue weighted by Crippen LogP contribution is -2.32. The summed E-state index contributed by atoms with van der Waals surface area (Å²) >= 11 is 5.76. The Morgan fingerprint density at radius 2 is 1.82 bits per heavy atom. The van der Waals surface area contributed by atoms with E-state index in [1.807, 2.05) is 19.1 Å². The molecule has 0 bridgehead atoms. The Labute approximate surface area is 134 Å². The van der Waals surface area contributed by atoms with Crippen LogP contribution in [0.2, 0.25) is 5.02 Å². The van der Waals surface area contributed by atoms with Crippen LogP contribution in [0.1, 0.15) is 5.56 Å². The number of nitrogens with one attached hydrogen (secondary N) is 2. The molecule has 0 saturated heterocycles. The molecule has 7 heteroatoms. The van der Waals surface area contributed by atoms with Gasteiger partial charge in [0.05, 0.1) is 11.4 Å². The first kappa shape index (κ1) is 16.5. The summed E-state index contributed by atoms with van der Waals surface area (Å²) in [4.78, 5) is 11.8. The van der Waals surface area contributed by atoms with Crippen molar-refractivity contribution in [3.63, 3.8) is 0 Å². The van der Waals surface area contributed by atoms with Crippen molar-refractivity contribution in [3.8, 4) is 0 Å². The number of sulfonamides is 1. The molecule has 0 aliphatic heterocycles. The van der Waals surface area contributed by atoms with E-state index in [9.17, 15) is 13.2 Å². The molecule has 0 fully saturated rings. The maximum Gasteiger partial charge on any atom is 0.241 e. The smallest absolute Gasteiger partial charge is 0.241 e. The summed E-state index contributed by atoms with van der Waals surface area (Å²) in [5, 5.41) is 2.92. The van der Waals surface area contributed by atoms with Gasteiger partial charge in [0, 0.05) is 10.7 Å². The first-order valence-electron chi connectivity index (χ1n) is 6.48. The minimum atomic E-state index is -3.77. The van der Waals surface area contributed by atoms with Crippen molar-refractivity contribution in [2.75, 3.05) is 11.9 Å². The maximum atomic E-state index is 12.0. The molecule has 22 heavy (non-hydrogen) atoms. The number of rotatable bonds is 5. The van der Waals surface area contributed by atoms with Gasteiger partial charge in [0.15, 0.2) is 0 Å². The largest absolute Gasteiger partial charge is 0.325 e. The van der Waals surface area contributed by atoms with Gasteiger partial charge in [0.2, 0.25) is 15.9 Å². The number of hydrogen-bond donors (Lipinski definition) is 2. The van der Waals surface area contributed by atoms with Crippen LogP contribution in [-0.2, 0) is 14.8 Å². The average molecular weight is 339 g/mol. The van der Waals surface area contributed by atoms with Gasteiger partial charge in [-0.25, -0.2) is 13.1 Å². The molecule has 0 spiro atoms. The van der Waals surface area contributed by atoms with Gasteiger partial charge in [-0.1, -0.05) is 35.4 Å². The molecule has 0 radical (unpaired) electrons. The van der Waals surface area contributed by atoms with Crippen molar-refractivity contribution in [2.45, 2.75) is 11.8 Å². The van der Waals surface area contributed by atoms with Crippen LogP contribution in [0.15, 0.2) is 53.4 Å². The quantitative estimate of drug-likeness (QED) is 0.879. The molecule has 2 aromatic rings. The molecule has 0 heterocycles. The number of hydrogen-bond acceptors (Lipinski definition) is 3. The monoisotopic (exact) mass is 338 g/mol. The Morgan fingerprint density at radius 3 is 2.45 bits per heavy atom. The van der Waals surface area contributed by atoms with E-state index in [-0.39, 0.29) is 11.4 Å². The van der Waals surface area contributed by atoms with Crippen LogP contribution < -0.4 is 10.0 Å². The fourth-order valence-corrected chi connectivity index (χ4v) is 3.00. The Morgan fingerprint density at radius 1 is 1.14 bits per heavy atom. The molecule has 2 N–H and O–H groups in total. The van der Waals surface area contributed by atoms with Crippen molar-refractivity contribution in [3.05, 3.63) is 59.1 Å².